The Bertz CT molecular complexity index is 534. The van der Waals surface area contributed by atoms with Gasteiger partial charge in [-0.25, -0.2) is 0 Å². The zero-order valence-corrected chi connectivity index (χ0v) is 15.9. The lowest BCUT2D eigenvalue weighted by Gasteiger charge is -2.43. The Morgan fingerprint density at radius 2 is 1.50 bits per heavy atom. The van der Waals surface area contributed by atoms with Crippen molar-refractivity contribution in [1.82, 2.24) is 14.7 Å². The molecule has 1 atom stereocenters. The minimum Gasteiger partial charge on any atom is -0.388 e. The van der Waals surface area contributed by atoms with Gasteiger partial charge in [0.15, 0.2) is 0 Å². The van der Waals surface area contributed by atoms with Crippen LogP contribution in [0.5, 0.6) is 0 Å². The van der Waals surface area contributed by atoms with Crippen LogP contribution in [0.3, 0.4) is 0 Å². The summed E-state index contributed by atoms with van der Waals surface area (Å²) in [6, 6.07) is -0.262. The molecule has 0 bridgehead atoms. The summed E-state index contributed by atoms with van der Waals surface area (Å²) in [7, 11) is 0. The molecule has 1 unspecified atom stereocenters. The van der Waals surface area contributed by atoms with Gasteiger partial charge in [-0.05, 0) is 70.9 Å². The number of hydrogen-bond acceptors (Lipinski definition) is 4. The number of aliphatic hydroxyl groups is 1. The highest BCUT2D eigenvalue weighted by Crippen LogP contribution is 2.34. The third kappa shape index (κ3) is 3.91. The van der Waals surface area contributed by atoms with Gasteiger partial charge in [-0.1, -0.05) is 0 Å². The normalized spacial score (nSPS) is 29.8. The third-order valence-electron chi connectivity index (χ3n) is 6.72. The monoisotopic (exact) mass is 363 g/mol. The Kier molecular flexibility index (Phi) is 5.24. The molecule has 0 aromatic heterocycles. The molecular weight excluding hydrogens is 330 g/mol. The highest BCUT2D eigenvalue weighted by molar-refractivity contribution is 5.89. The summed E-state index contributed by atoms with van der Waals surface area (Å²) in [5, 5.41) is 10.9. The summed E-state index contributed by atoms with van der Waals surface area (Å²) >= 11 is 0. The summed E-state index contributed by atoms with van der Waals surface area (Å²) in [6.45, 7) is 4.88. The van der Waals surface area contributed by atoms with Crippen molar-refractivity contribution in [1.29, 1.82) is 0 Å². The second-order valence-corrected chi connectivity index (χ2v) is 8.85. The SMILES string of the molecule is O=C(C1CCCCN1C(=O)C1CC1)N1CCC(O)(CN2CCCC2)CC1. The van der Waals surface area contributed by atoms with E-state index in [1.54, 1.807) is 0 Å². The van der Waals surface area contributed by atoms with Gasteiger partial charge in [0.05, 0.1) is 5.60 Å². The molecule has 146 valence electrons. The number of likely N-dealkylation sites (tertiary alicyclic amines) is 3. The maximum Gasteiger partial charge on any atom is 0.245 e. The second-order valence-electron chi connectivity index (χ2n) is 8.85. The van der Waals surface area contributed by atoms with E-state index in [0.717, 1.165) is 58.3 Å². The number of piperidine rings is 2. The summed E-state index contributed by atoms with van der Waals surface area (Å²) in [4.78, 5) is 31.8. The standard InChI is InChI=1S/C20H33N3O3/c24-18(16-6-7-16)23-12-2-1-5-17(23)19(25)22-13-8-20(26,9-14-22)15-21-10-3-4-11-21/h16-17,26H,1-15H2. The Morgan fingerprint density at radius 3 is 2.15 bits per heavy atom. The first kappa shape index (κ1) is 18.2. The molecule has 0 aromatic rings. The number of β-amino-alcohol motifs (C(OH)–C–C–N with tert-alkyl or cyclic N) is 1. The van der Waals surface area contributed by atoms with Crippen molar-refractivity contribution in [2.45, 2.75) is 69.4 Å². The number of rotatable bonds is 4. The minimum absolute atomic E-state index is 0.113. The molecule has 4 fully saturated rings. The topological polar surface area (TPSA) is 64.1 Å². The van der Waals surface area contributed by atoms with E-state index in [4.69, 9.17) is 0 Å². The number of carbonyl (C=O) groups is 2. The molecule has 3 aliphatic heterocycles. The summed E-state index contributed by atoms with van der Waals surface area (Å²) < 4.78 is 0. The highest BCUT2D eigenvalue weighted by Gasteiger charge is 2.42. The quantitative estimate of drug-likeness (QED) is 0.816. The van der Waals surface area contributed by atoms with Crippen LogP contribution >= 0.6 is 0 Å². The van der Waals surface area contributed by atoms with Gasteiger partial charge in [0, 0.05) is 32.1 Å². The van der Waals surface area contributed by atoms with Crippen LogP contribution in [0.25, 0.3) is 0 Å². The minimum atomic E-state index is -0.656. The summed E-state index contributed by atoms with van der Waals surface area (Å²) in [5.74, 6) is 0.489. The van der Waals surface area contributed by atoms with Crippen LogP contribution in [0.2, 0.25) is 0 Å². The Labute approximate surface area is 156 Å². The van der Waals surface area contributed by atoms with Crippen molar-refractivity contribution >= 4 is 11.8 Å². The zero-order valence-electron chi connectivity index (χ0n) is 15.9. The first-order valence-corrected chi connectivity index (χ1v) is 10.6. The average molecular weight is 364 g/mol. The van der Waals surface area contributed by atoms with E-state index in [2.05, 4.69) is 4.90 Å². The van der Waals surface area contributed by atoms with Crippen molar-refractivity contribution in [3.05, 3.63) is 0 Å². The lowest BCUT2D eigenvalue weighted by Crippen LogP contribution is -2.57. The first-order chi connectivity index (χ1) is 12.6. The van der Waals surface area contributed by atoms with Gasteiger partial charge in [0.2, 0.25) is 11.8 Å². The van der Waals surface area contributed by atoms with Crippen LogP contribution in [0.15, 0.2) is 0 Å². The zero-order chi connectivity index (χ0) is 18.1. The molecule has 3 heterocycles. The Hall–Kier alpha value is -1.14. The summed E-state index contributed by atoms with van der Waals surface area (Å²) in [6.07, 6.45) is 8.58. The molecule has 1 aliphatic carbocycles. The molecule has 4 rings (SSSR count). The number of nitrogens with zero attached hydrogens (tertiary/aromatic N) is 3. The highest BCUT2D eigenvalue weighted by atomic mass is 16.3. The van der Waals surface area contributed by atoms with E-state index in [-0.39, 0.29) is 23.8 Å². The molecule has 6 heteroatoms. The van der Waals surface area contributed by atoms with Gasteiger partial charge in [-0.2, -0.15) is 0 Å². The van der Waals surface area contributed by atoms with Crippen molar-refractivity contribution in [3.63, 3.8) is 0 Å². The number of amides is 2. The molecule has 2 amide bonds. The fourth-order valence-corrected chi connectivity index (χ4v) is 4.89. The molecule has 0 aromatic carbocycles. The summed E-state index contributed by atoms with van der Waals surface area (Å²) in [5.41, 5.74) is -0.656. The van der Waals surface area contributed by atoms with Gasteiger partial charge < -0.3 is 19.8 Å². The van der Waals surface area contributed by atoms with Gasteiger partial charge in [-0.15, -0.1) is 0 Å². The van der Waals surface area contributed by atoms with Gasteiger partial charge >= 0.3 is 0 Å². The van der Waals surface area contributed by atoms with E-state index in [1.807, 2.05) is 9.80 Å². The van der Waals surface area contributed by atoms with Crippen LogP contribution < -0.4 is 0 Å². The smallest absolute Gasteiger partial charge is 0.245 e. The van der Waals surface area contributed by atoms with Gasteiger partial charge in [0.25, 0.3) is 0 Å². The van der Waals surface area contributed by atoms with Crippen molar-refractivity contribution in [2.24, 2.45) is 5.92 Å². The first-order valence-electron chi connectivity index (χ1n) is 10.6. The number of carbonyl (C=O) groups excluding carboxylic acids is 2. The van der Waals surface area contributed by atoms with E-state index in [1.165, 1.54) is 12.8 Å². The fourth-order valence-electron chi connectivity index (χ4n) is 4.89. The predicted molar refractivity (Wildman–Crippen MR) is 98.5 cm³/mol. The van der Waals surface area contributed by atoms with Gasteiger partial charge in [0.1, 0.15) is 6.04 Å². The third-order valence-corrected chi connectivity index (χ3v) is 6.72. The largest absolute Gasteiger partial charge is 0.388 e. The lowest BCUT2D eigenvalue weighted by atomic mass is 9.90. The van der Waals surface area contributed by atoms with Crippen molar-refractivity contribution in [2.75, 3.05) is 39.3 Å². The molecular formula is C20H33N3O3. The Morgan fingerprint density at radius 1 is 0.846 bits per heavy atom. The van der Waals surface area contributed by atoms with Crippen LogP contribution in [0.4, 0.5) is 0 Å². The molecule has 1 N–H and O–H groups in total. The molecule has 26 heavy (non-hydrogen) atoms. The van der Waals surface area contributed by atoms with Crippen LogP contribution in [0.1, 0.15) is 57.8 Å². The Balaban J connectivity index is 1.33. The molecule has 0 radical (unpaired) electrons. The maximum atomic E-state index is 13.1. The van der Waals surface area contributed by atoms with Crippen molar-refractivity contribution in [3.8, 4) is 0 Å². The molecule has 0 spiro atoms. The van der Waals surface area contributed by atoms with Crippen LogP contribution in [-0.4, -0.2) is 82.5 Å². The second kappa shape index (κ2) is 7.47. The molecule has 4 aliphatic rings. The fraction of sp³-hybridized carbons (Fsp3) is 0.900. The van der Waals surface area contributed by atoms with E-state index < -0.39 is 5.60 Å². The van der Waals surface area contributed by atoms with E-state index >= 15 is 0 Å². The number of hydrogen-bond donors (Lipinski definition) is 1. The molecule has 1 saturated carbocycles. The predicted octanol–water partition coefficient (Wildman–Crippen LogP) is 1.23. The van der Waals surface area contributed by atoms with Crippen molar-refractivity contribution < 1.29 is 14.7 Å². The van der Waals surface area contributed by atoms with E-state index in [9.17, 15) is 14.7 Å². The van der Waals surface area contributed by atoms with Crippen LogP contribution in [0, 0.1) is 5.92 Å². The maximum absolute atomic E-state index is 13.1. The van der Waals surface area contributed by atoms with Crippen LogP contribution in [-0.2, 0) is 9.59 Å². The lowest BCUT2D eigenvalue weighted by molar-refractivity contribution is -0.151. The average Bonchev–Trinajstić information content (AvgIpc) is 3.39. The van der Waals surface area contributed by atoms with E-state index in [0.29, 0.717) is 25.9 Å². The molecule has 6 nitrogen and oxygen atoms in total. The van der Waals surface area contributed by atoms with Gasteiger partial charge in [-0.3, -0.25) is 9.59 Å². The molecule has 3 saturated heterocycles.